The first kappa shape index (κ1) is 11.2. The van der Waals surface area contributed by atoms with E-state index in [0.29, 0.717) is 0 Å². The molecule has 0 amide bonds. The molecular formula is C10H20N4. The highest BCUT2D eigenvalue weighted by Gasteiger charge is 2.01. The third-order valence-electron chi connectivity index (χ3n) is 2.38. The van der Waals surface area contributed by atoms with Crippen molar-refractivity contribution in [1.29, 1.82) is 0 Å². The second kappa shape index (κ2) is 5.78. The van der Waals surface area contributed by atoms with Gasteiger partial charge in [0.25, 0.3) is 0 Å². The molecule has 0 atom stereocenters. The molecule has 0 bridgehead atoms. The molecule has 1 rings (SSSR count). The van der Waals surface area contributed by atoms with Crippen LogP contribution in [0.15, 0.2) is 12.4 Å². The zero-order chi connectivity index (χ0) is 10.4. The van der Waals surface area contributed by atoms with Crippen LogP contribution in [0.4, 0.5) is 0 Å². The van der Waals surface area contributed by atoms with Gasteiger partial charge in [0.15, 0.2) is 0 Å². The van der Waals surface area contributed by atoms with Crippen molar-refractivity contribution in [1.82, 2.24) is 19.8 Å². The molecule has 0 radical (unpaired) electrons. The van der Waals surface area contributed by atoms with Crippen LogP contribution in [0.3, 0.4) is 0 Å². The molecule has 0 aliphatic heterocycles. The lowest BCUT2D eigenvalue weighted by molar-refractivity contribution is 0.336. The molecule has 1 N–H and O–H groups in total. The summed E-state index contributed by atoms with van der Waals surface area (Å²) < 4.78 is 2.08. The minimum atomic E-state index is 1.02. The van der Waals surface area contributed by atoms with E-state index in [4.69, 9.17) is 0 Å². The summed E-state index contributed by atoms with van der Waals surface area (Å²) in [6.45, 7) is 3.19. The Hall–Kier alpha value is -0.870. The lowest BCUT2D eigenvalue weighted by Crippen LogP contribution is -2.29. The highest BCUT2D eigenvalue weighted by atomic mass is 15.1. The topological polar surface area (TPSA) is 33.1 Å². The average molecular weight is 196 g/mol. The smallest absolute Gasteiger partial charge is 0.109 e. The molecule has 4 nitrogen and oxygen atoms in total. The fraction of sp³-hybridized carbons (Fsp3) is 0.700. The van der Waals surface area contributed by atoms with Gasteiger partial charge in [0, 0.05) is 45.5 Å². The molecule has 80 valence electrons. The van der Waals surface area contributed by atoms with Crippen LogP contribution in [0.2, 0.25) is 0 Å². The van der Waals surface area contributed by atoms with Gasteiger partial charge in [0.2, 0.25) is 0 Å². The number of imidazole rings is 1. The Morgan fingerprint density at radius 1 is 1.50 bits per heavy atom. The van der Waals surface area contributed by atoms with E-state index in [1.54, 1.807) is 0 Å². The van der Waals surface area contributed by atoms with E-state index < -0.39 is 0 Å². The highest BCUT2D eigenvalue weighted by Crippen LogP contribution is 1.96. The lowest BCUT2D eigenvalue weighted by Gasteiger charge is -2.15. The van der Waals surface area contributed by atoms with Crippen LogP contribution in [0, 0.1) is 0 Å². The summed E-state index contributed by atoms with van der Waals surface area (Å²) in [5.74, 6) is 1.15. The second-order valence-electron chi connectivity index (χ2n) is 3.61. The fourth-order valence-electron chi connectivity index (χ4n) is 1.34. The number of hydrogen-bond donors (Lipinski definition) is 1. The molecule has 0 aromatic carbocycles. The Balaban J connectivity index is 2.23. The van der Waals surface area contributed by atoms with Gasteiger partial charge >= 0.3 is 0 Å². The summed E-state index contributed by atoms with van der Waals surface area (Å²) in [5.41, 5.74) is 0. The number of rotatable bonds is 6. The number of nitrogens with zero attached hydrogens (tertiary/aromatic N) is 3. The normalized spacial score (nSPS) is 11.1. The van der Waals surface area contributed by atoms with Gasteiger partial charge in [-0.25, -0.2) is 4.98 Å². The van der Waals surface area contributed by atoms with Crippen molar-refractivity contribution in [3.8, 4) is 0 Å². The van der Waals surface area contributed by atoms with Gasteiger partial charge < -0.3 is 14.8 Å². The van der Waals surface area contributed by atoms with Gasteiger partial charge in [-0.2, -0.15) is 0 Å². The SMILES string of the molecule is CNCCN(C)CCc1nccn1C. The molecule has 4 heteroatoms. The molecule has 1 aromatic rings. The van der Waals surface area contributed by atoms with E-state index in [9.17, 15) is 0 Å². The number of nitrogens with one attached hydrogen (secondary N) is 1. The van der Waals surface area contributed by atoms with Crippen molar-refractivity contribution in [3.63, 3.8) is 0 Å². The molecule has 0 spiro atoms. The molecule has 0 saturated carbocycles. The maximum atomic E-state index is 4.29. The Kier molecular flexibility index (Phi) is 4.62. The van der Waals surface area contributed by atoms with Gasteiger partial charge in [0.1, 0.15) is 5.82 Å². The van der Waals surface area contributed by atoms with Crippen molar-refractivity contribution < 1.29 is 0 Å². The van der Waals surface area contributed by atoms with Gasteiger partial charge in [-0.3, -0.25) is 0 Å². The number of aromatic nitrogens is 2. The molecule has 0 saturated heterocycles. The molecular weight excluding hydrogens is 176 g/mol. The predicted molar refractivity (Wildman–Crippen MR) is 58.3 cm³/mol. The van der Waals surface area contributed by atoms with Crippen molar-refractivity contribution in [2.75, 3.05) is 33.7 Å². The van der Waals surface area contributed by atoms with Crippen LogP contribution in [-0.4, -0.2) is 48.2 Å². The summed E-state index contributed by atoms with van der Waals surface area (Å²) in [5, 5.41) is 3.14. The Morgan fingerprint density at radius 2 is 2.29 bits per heavy atom. The van der Waals surface area contributed by atoms with E-state index in [1.165, 1.54) is 0 Å². The minimum Gasteiger partial charge on any atom is -0.338 e. The maximum Gasteiger partial charge on any atom is 0.109 e. The van der Waals surface area contributed by atoms with Crippen LogP contribution in [0.1, 0.15) is 5.82 Å². The van der Waals surface area contributed by atoms with Crippen molar-refractivity contribution in [2.45, 2.75) is 6.42 Å². The summed E-state index contributed by atoms with van der Waals surface area (Å²) in [6.07, 6.45) is 4.86. The van der Waals surface area contributed by atoms with Crippen LogP contribution in [0.5, 0.6) is 0 Å². The Labute approximate surface area is 85.9 Å². The quantitative estimate of drug-likeness (QED) is 0.701. The molecule has 0 fully saturated rings. The monoisotopic (exact) mass is 196 g/mol. The fourth-order valence-corrected chi connectivity index (χ4v) is 1.34. The minimum absolute atomic E-state index is 1.02. The summed E-state index contributed by atoms with van der Waals surface area (Å²) in [7, 11) is 6.16. The van der Waals surface area contributed by atoms with Crippen molar-refractivity contribution in [2.24, 2.45) is 7.05 Å². The van der Waals surface area contributed by atoms with E-state index >= 15 is 0 Å². The third kappa shape index (κ3) is 3.47. The highest BCUT2D eigenvalue weighted by molar-refractivity contribution is 4.91. The Morgan fingerprint density at radius 3 is 2.86 bits per heavy atom. The lowest BCUT2D eigenvalue weighted by atomic mass is 10.3. The summed E-state index contributed by atoms with van der Waals surface area (Å²) in [6, 6.07) is 0. The van der Waals surface area contributed by atoms with E-state index in [2.05, 4.69) is 26.8 Å². The molecule has 14 heavy (non-hydrogen) atoms. The van der Waals surface area contributed by atoms with Gasteiger partial charge in [-0.05, 0) is 14.1 Å². The molecule has 1 aromatic heterocycles. The standard InChI is InChI=1S/C10H20N4/c1-11-5-8-13(2)7-4-10-12-6-9-14(10)3/h6,9,11H,4-5,7-8H2,1-3H3. The largest absolute Gasteiger partial charge is 0.338 e. The van der Waals surface area contributed by atoms with E-state index in [1.807, 2.05) is 26.5 Å². The third-order valence-corrected chi connectivity index (χ3v) is 2.38. The van der Waals surface area contributed by atoms with Gasteiger partial charge in [-0.15, -0.1) is 0 Å². The zero-order valence-electron chi connectivity index (χ0n) is 9.32. The van der Waals surface area contributed by atoms with E-state index in [-0.39, 0.29) is 0 Å². The first-order valence-electron chi connectivity index (χ1n) is 5.03. The van der Waals surface area contributed by atoms with Crippen LogP contribution in [0.25, 0.3) is 0 Å². The Bertz CT molecular complexity index is 256. The summed E-state index contributed by atoms with van der Waals surface area (Å²) in [4.78, 5) is 6.60. The molecule has 0 aliphatic rings. The first-order valence-corrected chi connectivity index (χ1v) is 5.03. The molecule has 0 aliphatic carbocycles. The van der Waals surface area contributed by atoms with E-state index in [0.717, 1.165) is 31.9 Å². The van der Waals surface area contributed by atoms with Crippen LogP contribution in [-0.2, 0) is 13.5 Å². The van der Waals surface area contributed by atoms with Crippen LogP contribution < -0.4 is 5.32 Å². The van der Waals surface area contributed by atoms with Crippen LogP contribution >= 0.6 is 0 Å². The summed E-state index contributed by atoms with van der Waals surface area (Å²) >= 11 is 0. The first-order chi connectivity index (χ1) is 6.74. The molecule has 1 heterocycles. The average Bonchev–Trinajstić information content (AvgIpc) is 2.58. The molecule has 0 unspecified atom stereocenters. The van der Waals surface area contributed by atoms with Gasteiger partial charge in [0.05, 0.1) is 0 Å². The van der Waals surface area contributed by atoms with Crippen molar-refractivity contribution >= 4 is 0 Å². The second-order valence-corrected chi connectivity index (χ2v) is 3.61. The predicted octanol–water partition coefficient (Wildman–Crippen LogP) is 0.114. The number of hydrogen-bond acceptors (Lipinski definition) is 3. The van der Waals surface area contributed by atoms with Crippen molar-refractivity contribution in [3.05, 3.63) is 18.2 Å². The number of likely N-dealkylation sites (N-methyl/N-ethyl adjacent to an activating group) is 2. The maximum absolute atomic E-state index is 4.29. The number of aryl methyl sites for hydroxylation is 1. The zero-order valence-corrected chi connectivity index (χ0v) is 9.32. The van der Waals surface area contributed by atoms with Gasteiger partial charge in [-0.1, -0.05) is 0 Å².